The van der Waals surface area contributed by atoms with Gasteiger partial charge in [0.2, 0.25) is 0 Å². The van der Waals surface area contributed by atoms with Crippen molar-refractivity contribution in [2.75, 3.05) is 0 Å². The van der Waals surface area contributed by atoms with Crippen molar-refractivity contribution in [2.45, 2.75) is 13.8 Å². The topological polar surface area (TPSA) is 57.9 Å². The first kappa shape index (κ1) is 14.7. The minimum atomic E-state index is -1.32. The van der Waals surface area contributed by atoms with E-state index in [1.165, 1.54) is 18.2 Å². The summed E-state index contributed by atoms with van der Waals surface area (Å²) in [6.45, 7) is 3.28. The summed E-state index contributed by atoms with van der Waals surface area (Å²) in [4.78, 5) is 23.8. The van der Waals surface area contributed by atoms with E-state index in [1.54, 1.807) is 19.9 Å². The molecule has 0 fully saturated rings. The summed E-state index contributed by atoms with van der Waals surface area (Å²) in [6, 6.07) is 6.06. The van der Waals surface area contributed by atoms with Crippen molar-refractivity contribution in [2.24, 2.45) is 11.8 Å². The van der Waals surface area contributed by atoms with Crippen molar-refractivity contribution >= 4 is 34.8 Å². The van der Waals surface area contributed by atoms with Gasteiger partial charge in [-0.1, -0.05) is 37.0 Å². The number of carbonyl (C=O) groups is 2. The van der Waals surface area contributed by atoms with Crippen LogP contribution in [0.4, 0.5) is 0 Å². The molecule has 5 heteroatoms. The first-order chi connectivity index (χ1) is 8.38. The van der Waals surface area contributed by atoms with Crippen molar-refractivity contribution in [3.8, 4) is 6.07 Å². The fourth-order valence-electron chi connectivity index (χ4n) is 1.43. The van der Waals surface area contributed by atoms with Crippen LogP contribution in [0, 0.1) is 23.2 Å². The Morgan fingerprint density at radius 1 is 1.28 bits per heavy atom. The Balaban J connectivity index is 3.13. The van der Waals surface area contributed by atoms with Gasteiger partial charge in [-0.2, -0.15) is 5.26 Å². The molecule has 1 rings (SSSR count). The minimum absolute atomic E-state index is 0.140. The second-order valence-corrected chi connectivity index (χ2v) is 4.95. The molecule has 1 aromatic carbocycles. The fourth-order valence-corrected chi connectivity index (χ4v) is 1.93. The van der Waals surface area contributed by atoms with E-state index in [9.17, 15) is 9.59 Å². The van der Waals surface area contributed by atoms with Crippen LogP contribution in [0.15, 0.2) is 18.2 Å². The Bertz CT molecular complexity index is 532. The summed E-state index contributed by atoms with van der Waals surface area (Å²) >= 11 is 11.6. The number of hydrogen-bond acceptors (Lipinski definition) is 3. The average molecular weight is 284 g/mol. The Labute approximate surface area is 115 Å². The standard InChI is InChI=1S/C13H11Cl2NO2/c1-7(2)12(17)10(6-16)13(18)9-4-3-8(14)5-11(9)15/h3-5,7,10H,1-2H3. The van der Waals surface area contributed by atoms with Gasteiger partial charge in [0.05, 0.1) is 11.1 Å². The molecule has 0 heterocycles. The van der Waals surface area contributed by atoms with Crippen molar-refractivity contribution in [3.63, 3.8) is 0 Å². The largest absolute Gasteiger partial charge is 0.297 e. The number of nitrogens with zero attached hydrogens (tertiary/aromatic N) is 1. The lowest BCUT2D eigenvalue weighted by Crippen LogP contribution is -2.26. The predicted molar refractivity (Wildman–Crippen MR) is 69.7 cm³/mol. The number of benzene rings is 1. The number of Topliss-reactive ketones (excluding diaryl/α,β-unsaturated/α-hetero) is 2. The number of ketones is 2. The summed E-state index contributed by atoms with van der Waals surface area (Å²) in [5.74, 6) is -2.69. The normalized spacial score (nSPS) is 12.0. The number of nitriles is 1. The lowest BCUT2D eigenvalue weighted by atomic mass is 9.89. The zero-order valence-electron chi connectivity index (χ0n) is 9.91. The number of carbonyl (C=O) groups excluding carboxylic acids is 2. The molecule has 0 saturated heterocycles. The molecule has 0 radical (unpaired) electrons. The molecule has 1 unspecified atom stereocenters. The van der Waals surface area contributed by atoms with E-state index >= 15 is 0 Å². The summed E-state index contributed by atoms with van der Waals surface area (Å²) in [5.41, 5.74) is 0.140. The van der Waals surface area contributed by atoms with Crippen LogP contribution < -0.4 is 0 Å². The monoisotopic (exact) mass is 283 g/mol. The summed E-state index contributed by atoms with van der Waals surface area (Å²) < 4.78 is 0. The van der Waals surface area contributed by atoms with E-state index < -0.39 is 17.5 Å². The highest BCUT2D eigenvalue weighted by atomic mass is 35.5. The highest BCUT2D eigenvalue weighted by molar-refractivity contribution is 6.37. The molecule has 0 spiro atoms. The van der Waals surface area contributed by atoms with Crippen LogP contribution in [0.25, 0.3) is 0 Å². The third-order valence-electron chi connectivity index (χ3n) is 2.44. The zero-order chi connectivity index (χ0) is 13.9. The van der Waals surface area contributed by atoms with Crippen LogP contribution in [-0.2, 0) is 4.79 Å². The molecule has 1 atom stereocenters. The molecule has 0 aliphatic carbocycles. The molecule has 1 aromatic rings. The van der Waals surface area contributed by atoms with Crippen molar-refractivity contribution < 1.29 is 9.59 Å². The third kappa shape index (κ3) is 3.10. The van der Waals surface area contributed by atoms with Crippen molar-refractivity contribution in [3.05, 3.63) is 33.8 Å². The van der Waals surface area contributed by atoms with Gasteiger partial charge in [-0.15, -0.1) is 0 Å². The fraction of sp³-hybridized carbons (Fsp3) is 0.308. The molecule has 0 amide bonds. The van der Waals surface area contributed by atoms with Gasteiger partial charge in [0.15, 0.2) is 17.5 Å². The van der Waals surface area contributed by atoms with E-state index in [0.717, 1.165) is 0 Å². The molecular weight excluding hydrogens is 273 g/mol. The molecule has 0 N–H and O–H groups in total. The van der Waals surface area contributed by atoms with E-state index in [0.29, 0.717) is 5.02 Å². The van der Waals surface area contributed by atoms with Crippen LogP contribution in [0.3, 0.4) is 0 Å². The van der Waals surface area contributed by atoms with Crippen LogP contribution in [0.5, 0.6) is 0 Å². The van der Waals surface area contributed by atoms with E-state index in [-0.39, 0.29) is 16.5 Å². The molecule has 0 bridgehead atoms. The quantitative estimate of drug-likeness (QED) is 0.627. The highest BCUT2D eigenvalue weighted by Gasteiger charge is 2.30. The SMILES string of the molecule is CC(C)C(=O)C(C#N)C(=O)c1ccc(Cl)cc1Cl. The van der Waals surface area contributed by atoms with Crippen LogP contribution in [-0.4, -0.2) is 11.6 Å². The van der Waals surface area contributed by atoms with Crippen LogP contribution in [0.2, 0.25) is 10.0 Å². The lowest BCUT2D eigenvalue weighted by Gasteiger charge is -2.11. The lowest BCUT2D eigenvalue weighted by molar-refractivity contribution is -0.123. The second-order valence-electron chi connectivity index (χ2n) is 4.11. The summed E-state index contributed by atoms with van der Waals surface area (Å²) in [7, 11) is 0. The van der Waals surface area contributed by atoms with Gasteiger partial charge in [0, 0.05) is 16.5 Å². The first-order valence-electron chi connectivity index (χ1n) is 5.31. The molecule has 0 aliphatic rings. The molecule has 0 aliphatic heterocycles. The van der Waals surface area contributed by atoms with Crippen LogP contribution >= 0.6 is 23.2 Å². The smallest absolute Gasteiger partial charge is 0.189 e. The van der Waals surface area contributed by atoms with Gasteiger partial charge < -0.3 is 0 Å². The zero-order valence-corrected chi connectivity index (χ0v) is 11.4. The van der Waals surface area contributed by atoms with E-state index in [1.807, 2.05) is 0 Å². The van der Waals surface area contributed by atoms with Crippen molar-refractivity contribution in [1.82, 2.24) is 0 Å². The summed E-state index contributed by atoms with van der Waals surface area (Å²) in [6.07, 6.45) is 0. The Morgan fingerprint density at radius 2 is 1.89 bits per heavy atom. The molecule has 3 nitrogen and oxygen atoms in total. The van der Waals surface area contributed by atoms with Gasteiger partial charge in [-0.3, -0.25) is 9.59 Å². The van der Waals surface area contributed by atoms with Gasteiger partial charge >= 0.3 is 0 Å². The maximum Gasteiger partial charge on any atom is 0.189 e. The minimum Gasteiger partial charge on any atom is -0.297 e. The van der Waals surface area contributed by atoms with Crippen molar-refractivity contribution in [1.29, 1.82) is 5.26 Å². The summed E-state index contributed by atoms with van der Waals surface area (Å²) in [5, 5.41) is 9.49. The van der Waals surface area contributed by atoms with E-state index in [4.69, 9.17) is 28.5 Å². The molecular formula is C13H11Cl2NO2. The molecule has 0 saturated carbocycles. The molecule has 94 valence electrons. The number of halogens is 2. The Kier molecular flexibility index (Phi) is 4.89. The Morgan fingerprint density at radius 3 is 2.33 bits per heavy atom. The van der Waals surface area contributed by atoms with Gasteiger partial charge in [-0.25, -0.2) is 0 Å². The number of hydrogen-bond donors (Lipinski definition) is 0. The average Bonchev–Trinajstić information content (AvgIpc) is 2.29. The molecule has 0 aromatic heterocycles. The third-order valence-corrected chi connectivity index (χ3v) is 2.99. The predicted octanol–water partition coefficient (Wildman–Crippen LogP) is 3.54. The van der Waals surface area contributed by atoms with Gasteiger partial charge in [0.1, 0.15) is 0 Å². The molecule has 18 heavy (non-hydrogen) atoms. The maximum absolute atomic E-state index is 12.1. The maximum atomic E-state index is 12.1. The first-order valence-corrected chi connectivity index (χ1v) is 6.06. The Hall–Kier alpha value is -1.37. The number of rotatable bonds is 4. The van der Waals surface area contributed by atoms with Crippen LogP contribution in [0.1, 0.15) is 24.2 Å². The van der Waals surface area contributed by atoms with E-state index in [2.05, 4.69) is 0 Å². The van der Waals surface area contributed by atoms with Gasteiger partial charge in [0.25, 0.3) is 0 Å². The van der Waals surface area contributed by atoms with Gasteiger partial charge in [-0.05, 0) is 18.2 Å². The highest BCUT2D eigenvalue weighted by Crippen LogP contribution is 2.24. The second kappa shape index (κ2) is 5.99.